The van der Waals surface area contributed by atoms with Crippen molar-refractivity contribution >= 4 is 34.1 Å². The number of nitrogens with one attached hydrogen (secondary N) is 2. The molecule has 2 rings (SSSR count). The van der Waals surface area contributed by atoms with Crippen LogP contribution >= 0.6 is 11.3 Å². The van der Waals surface area contributed by atoms with Gasteiger partial charge in [-0.1, -0.05) is 6.92 Å². The van der Waals surface area contributed by atoms with Gasteiger partial charge in [0.2, 0.25) is 0 Å². The normalized spacial score (nSPS) is 11.3. The highest BCUT2D eigenvalue weighted by Crippen LogP contribution is 2.34. The quantitative estimate of drug-likeness (QED) is 0.638. The summed E-state index contributed by atoms with van der Waals surface area (Å²) < 4.78 is 42.9. The van der Waals surface area contributed by atoms with Crippen molar-refractivity contribution in [2.75, 3.05) is 11.9 Å². The summed E-state index contributed by atoms with van der Waals surface area (Å²) in [6, 6.07) is 0.528. The van der Waals surface area contributed by atoms with Crippen molar-refractivity contribution in [2.24, 2.45) is 5.73 Å². The van der Waals surface area contributed by atoms with Gasteiger partial charge in [0.1, 0.15) is 10.7 Å². The number of aromatic amines is 1. The highest BCUT2D eigenvalue weighted by atomic mass is 32.1. The lowest BCUT2D eigenvalue weighted by Crippen LogP contribution is -2.15. The molecular formula is C15H15F3N4O4S. The van der Waals surface area contributed by atoms with Gasteiger partial charge >= 0.3 is 12.1 Å². The van der Waals surface area contributed by atoms with Crippen LogP contribution in [-0.2, 0) is 10.9 Å². The summed E-state index contributed by atoms with van der Waals surface area (Å²) in [5.41, 5.74) is 3.64. The zero-order valence-corrected chi connectivity index (χ0v) is 15.0. The second kappa shape index (κ2) is 7.78. The van der Waals surface area contributed by atoms with Crippen molar-refractivity contribution in [3.05, 3.63) is 33.5 Å². The van der Waals surface area contributed by atoms with Crippen molar-refractivity contribution < 1.29 is 32.3 Å². The van der Waals surface area contributed by atoms with Crippen molar-refractivity contribution in [1.29, 1.82) is 0 Å². The number of carbonyl (C=O) groups excluding carboxylic acids is 3. The number of H-pyrrole nitrogens is 1. The van der Waals surface area contributed by atoms with Crippen LogP contribution in [-0.4, -0.2) is 34.6 Å². The monoisotopic (exact) mass is 404 g/mol. The van der Waals surface area contributed by atoms with E-state index in [1.807, 2.05) is 0 Å². The van der Waals surface area contributed by atoms with Crippen LogP contribution < -0.4 is 11.1 Å². The number of nitrogens with zero attached hydrogens (tertiary/aromatic N) is 1. The molecule has 0 fully saturated rings. The Morgan fingerprint density at radius 2 is 2.04 bits per heavy atom. The molecule has 0 saturated carbocycles. The number of thiophene rings is 1. The molecule has 146 valence electrons. The topological polar surface area (TPSA) is 127 Å². The Bertz CT molecular complexity index is 888. The molecule has 0 atom stereocenters. The number of ether oxygens (including phenoxy) is 1. The standard InChI is InChI=1S/C15H15F3N4O4S/c1-3-4-26-14(25)9-6(2)10(11(19)23)27-13(9)20-12(24)7-5-8(22-21-7)15(16,17)18/h5H,3-4H2,1-2H3,(H2,19,23)(H,20,24)(H,21,22). The first-order valence-corrected chi connectivity index (χ1v) is 8.42. The molecule has 0 unspecified atom stereocenters. The van der Waals surface area contributed by atoms with Gasteiger partial charge in [0.15, 0.2) is 5.69 Å². The maximum Gasteiger partial charge on any atom is 0.432 e. The number of nitrogens with two attached hydrogens (primary N) is 1. The lowest BCUT2D eigenvalue weighted by molar-refractivity contribution is -0.141. The Morgan fingerprint density at radius 3 is 2.56 bits per heavy atom. The van der Waals surface area contributed by atoms with E-state index in [1.54, 1.807) is 12.0 Å². The summed E-state index contributed by atoms with van der Waals surface area (Å²) in [4.78, 5) is 36.0. The third kappa shape index (κ3) is 4.45. The van der Waals surface area contributed by atoms with Crippen molar-refractivity contribution in [1.82, 2.24) is 10.2 Å². The number of amides is 2. The van der Waals surface area contributed by atoms with Gasteiger partial charge in [-0.2, -0.15) is 18.3 Å². The summed E-state index contributed by atoms with van der Waals surface area (Å²) in [6.45, 7) is 3.34. The predicted molar refractivity (Wildman–Crippen MR) is 89.7 cm³/mol. The number of alkyl halides is 3. The van der Waals surface area contributed by atoms with Crippen LogP contribution in [0.2, 0.25) is 0 Å². The fraction of sp³-hybridized carbons (Fsp3) is 0.333. The lowest BCUT2D eigenvalue weighted by atomic mass is 10.1. The average Bonchev–Trinajstić information content (AvgIpc) is 3.17. The van der Waals surface area contributed by atoms with E-state index in [0.717, 1.165) is 11.3 Å². The maximum atomic E-state index is 12.6. The highest BCUT2D eigenvalue weighted by molar-refractivity contribution is 7.18. The molecular weight excluding hydrogens is 389 g/mol. The van der Waals surface area contributed by atoms with Gasteiger partial charge in [0, 0.05) is 6.07 Å². The third-order valence-electron chi connectivity index (χ3n) is 3.35. The molecule has 0 bridgehead atoms. The van der Waals surface area contributed by atoms with Gasteiger partial charge in [-0.25, -0.2) is 4.79 Å². The summed E-state index contributed by atoms with van der Waals surface area (Å²) >= 11 is 0.724. The number of aromatic nitrogens is 2. The van der Waals surface area contributed by atoms with E-state index in [1.165, 1.54) is 6.92 Å². The Balaban J connectivity index is 2.35. The second-order valence-electron chi connectivity index (χ2n) is 5.38. The Kier molecular flexibility index (Phi) is 5.88. The molecule has 2 amide bonds. The number of primary amides is 1. The molecule has 0 aliphatic rings. The number of anilines is 1. The molecule has 0 aliphatic heterocycles. The van der Waals surface area contributed by atoms with Crippen LogP contribution in [0.5, 0.6) is 0 Å². The summed E-state index contributed by atoms with van der Waals surface area (Å²) in [5, 5.41) is 7.24. The molecule has 2 aromatic heterocycles. The smallest absolute Gasteiger partial charge is 0.432 e. The van der Waals surface area contributed by atoms with E-state index in [4.69, 9.17) is 10.5 Å². The highest BCUT2D eigenvalue weighted by Gasteiger charge is 2.34. The number of hydrogen-bond acceptors (Lipinski definition) is 6. The van der Waals surface area contributed by atoms with Crippen LogP contribution in [0.1, 0.15) is 55.1 Å². The molecule has 8 nitrogen and oxygen atoms in total. The van der Waals surface area contributed by atoms with E-state index in [0.29, 0.717) is 12.5 Å². The molecule has 0 aliphatic carbocycles. The zero-order chi connectivity index (χ0) is 20.4. The fourth-order valence-corrected chi connectivity index (χ4v) is 3.14. The Labute approximate surface area is 154 Å². The SMILES string of the molecule is CCCOC(=O)c1c(NC(=O)c2cc(C(F)(F)F)[nH]n2)sc(C(N)=O)c1C. The molecule has 12 heteroatoms. The summed E-state index contributed by atoms with van der Waals surface area (Å²) in [5.74, 6) is -2.60. The maximum absolute atomic E-state index is 12.6. The minimum Gasteiger partial charge on any atom is -0.462 e. The molecule has 27 heavy (non-hydrogen) atoms. The minimum atomic E-state index is -4.70. The van der Waals surface area contributed by atoms with E-state index < -0.39 is 35.3 Å². The van der Waals surface area contributed by atoms with Gasteiger partial charge in [-0.05, 0) is 18.9 Å². The van der Waals surface area contributed by atoms with Crippen molar-refractivity contribution in [3.8, 4) is 0 Å². The molecule has 0 saturated heterocycles. The minimum absolute atomic E-state index is 0.0201. The van der Waals surface area contributed by atoms with Crippen LogP contribution in [0.15, 0.2) is 6.07 Å². The number of carbonyl (C=O) groups is 3. The number of rotatable bonds is 6. The largest absolute Gasteiger partial charge is 0.462 e. The van der Waals surface area contributed by atoms with Crippen LogP contribution in [0.3, 0.4) is 0 Å². The molecule has 0 radical (unpaired) electrons. The Hall–Kier alpha value is -2.89. The first-order chi connectivity index (χ1) is 12.6. The van der Waals surface area contributed by atoms with Gasteiger partial charge < -0.3 is 15.8 Å². The van der Waals surface area contributed by atoms with Crippen molar-refractivity contribution in [2.45, 2.75) is 26.4 Å². The van der Waals surface area contributed by atoms with Crippen LogP contribution in [0.25, 0.3) is 0 Å². The van der Waals surface area contributed by atoms with Crippen LogP contribution in [0.4, 0.5) is 18.2 Å². The predicted octanol–water partition coefficient (Wildman–Crippen LogP) is 2.72. The molecule has 2 aromatic rings. The van der Waals surface area contributed by atoms with E-state index in [9.17, 15) is 27.6 Å². The third-order valence-corrected chi connectivity index (χ3v) is 4.58. The van der Waals surface area contributed by atoms with Gasteiger partial charge in [0.25, 0.3) is 11.8 Å². The number of halogens is 3. The van der Waals surface area contributed by atoms with Gasteiger partial charge in [-0.15, -0.1) is 11.3 Å². The first kappa shape index (κ1) is 20.4. The number of hydrogen-bond donors (Lipinski definition) is 3. The average molecular weight is 404 g/mol. The summed E-state index contributed by atoms with van der Waals surface area (Å²) in [6.07, 6.45) is -4.15. The summed E-state index contributed by atoms with van der Waals surface area (Å²) in [7, 11) is 0. The molecule has 2 heterocycles. The van der Waals surface area contributed by atoms with Crippen LogP contribution in [0, 0.1) is 6.92 Å². The van der Waals surface area contributed by atoms with Gasteiger partial charge in [-0.3, -0.25) is 14.7 Å². The van der Waals surface area contributed by atoms with E-state index in [2.05, 4.69) is 10.4 Å². The molecule has 0 aromatic carbocycles. The lowest BCUT2D eigenvalue weighted by Gasteiger charge is -2.06. The fourth-order valence-electron chi connectivity index (χ4n) is 2.10. The van der Waals surface area contributed by atoms with Gasteiger partial charge in [0.05, 0.1) is 17.0 Å². The Morgan fingerprint density at radius 1 is 1.37 bits per heavy atom. The zero-order valence-electron chi connectivity index (χ0n) is 14.2. The van der Waals surface area contributed by atoms with E-state index >= 15 is 0 Å². The molecule has 4 N–H and O–H groups in total. The first-order valence-electron chi connectivity index (χ1n) is 7.60. The van der Waals surface area contributed by atoms with Crippen molar-refractivity contribution in [3.63, 3.8) is 0 Å². The number of esters is 1. The molecule has 0 spiro atoms. The van der Waals surface area contributed by atoms with E-state index in [-0.39, 0.29) is 27.6 Å². The second-order valence-corrected chi connectivity index (χ2v) is 6.40.